The molecule has 1 N–H and O–H groups in total. The third-order valence-electron chi connectivity index (χ3n) is 5.03. The Morgan fingerprint density at radius 2 is 1.90 bits per heavy atom. The summed E-state index contributed by atoms with van der Waals surface area (Å²) in [6, 6.07) is 11.4. The lowest BCUT2D eigenvalue weighted by molar-refractivity contribution is 0.101. The van der Waals surface area contributed by atoms with Gasteiger partial charge in [-0.15, -0.1) is 4.83 Å². The van der Waals surface area contributed by atoms with Crippen molar-refractivity contribution in [3.05, 3.63) is 58.1 Å². The maximum atomic E-state index is 12.7. The maximum Gasteiger partial charge on any atom is 0.253 e. The maximum absolute atomic E-state index is 12.7. The van der Waals surface area contributed by atoms with E-state index < -0.39 is 10.0 Å². The molecule has 1 aliphatic heterocycles. The summed E-state index contributed by atoms with van der Waals surface area (Å²) in [5.74, 6) is 0.731. The van der Waals surface area contributed by atoms with E-state index in [1.165, 1.54) is 25.1 Å². The van der Waals surface area contributed by atoms with E-state index in [9.17, 15) is 13.2 Å². The fraction of sp³-hybridized carbons (Fsp3) is 0.381. The first-order valence-electron chi connectivity index (χ1n) is 9.74. The highest BCUT2D eigenvalue weighted by molar-refractivity contribution is 7.89. The van der Waals surface area contributed by atoms with Gasteiger partial charge in [-0.2, -0.15) is 0 Å². The van der Waals surface area contributed by atoms with E-state index in [2.05, 4.69) is 4.83 Å². The summed E-state index contributed by atoms with van der Waals surface area (Å²) in [6.07, 6.45) is 3.42. The van der Waals surface area contributed by atoms with Gasteiger partial charge >= 0.3 is 0 Å². The van der Waals surface area contributed by atoms with Gasteiger partial charge in [0.1, 0.15) is 5.75 Å². The number of hydrazine groups is 1. The molecule has 1 aliphatic rings. The number of benzene rings is 2. The van der Waals surface area contributed by atoms with Crippen LogP contribution in [0, 0.1) is 0 Å². The number of ether oxygens (including phenoxy) is 1. The van der Waals surface area contributed by atoms with Crippen molar-refractivity contribution in [2.24, 2.45) is 0 Å². The fourth-order valence-corrected chi connectivity index (χ4v) is 4.94. The standard InChI is InChI=1S/C21H24Cl2N2O4S/c1-15(26)16-6-8-18(9-7-16)29-13-3-5-17-4-2-12-25(17)24-30(27,28)19-10-11-20(22)21(23)14-19/h6-11,14,17,24H,2-5,12-13H2,1H3/t17-/m1/s1. The minimum Gasteiger partial charge on any atom is -0.494 e. The molecule has 0 unspecified atom stereocenters. The Bertz CT molecular complexity index is 997. The van der Waals surface area contributed by atoms with Crippen LogP contribution in [-0.2, 0) is 10.0 Å². The molecule has 0 aliphatic carbocycles. The van der Waals surface area contributed by atoms with Crippen molar-refractivity contribution in [2.75, 3.05) is 13.2 Å². The van der Waals surface area contributed by atoms with E-state index in [0.717, 1.165) is 25.7 Å². The van der Waals surface area contributed by atoms with Crippen LogP contribution < -0.4 is 9.57 Å². The molecule has 1 fully saturated rings. The predicted molar refractivity (Wildman–Crippen MR) is 118 cm³/mol. The van der Waals surface area contributed by atoms with E-state index >= 15 is 0 Å². The second kappa shape index (κ2) is 10.1. The Balaban J connectivity index is 1.50. The van der Waals surface area contributed by atoms with Gasteiger partial charge in [-0.05, 0) is 75.1 Å². The number of carbonyl (C=O) groups excluding carboxylic acids is 1. The molecule has 30 heavy (non-hydrogen) atoms. The highest BCUT2D eigenvalue weighted by Crippen LogP contribution is 2.26. The molecule has 0 aromatic heterocycles. The van der Waals surface area contributed by atoms with Crippen molar-refractivity contribution in [2.45, 2.75) is 43.5 Å². The number of sulfonamides is 1. The van der Waals surface area contributed by atoms with Crippen LogP contribution in [0.2, 0.25) is 10.0 Å². The van der Waals surface area contributed by atoms with Gasteiger partial charge in [0.15, 0.2) is 5.78 Å². The second-order valence-corrected chi connectivity index (χ2v) is 9.71. The lowest BCUT2D eigenvalue weighted by atomic mass is 10.1. The zero-order valence-corrected chi connectivity index (χ0v) is 18.9. The monoisotopic (exact) mass is 470 g/mol. The van der Waals surface area contributed by atoms with Crippen molar-refractivity contribution >= 4 is 39.0 Å². The Hall–Kier alpha value is -1.64. The topological polar surface area (TPSA) is 75.7 Å². The number of nitrogens with one attached hydrogen (secondary N) is 1. The zero-order valence-electron chi connectivity index (χ0n) is 16.6. The Kier molecular flexibility index (Phi) is 7.76. The zero-order chi connectivity index (χ0) is 21.7. The van der Waals surface area contributed by atoms with E-state index in [0.29, 0.717) is 29.5 Å². The molecule has 1 saturated heterocycles. The van der Waals surface area contributed by atoms with E-state index in [-0.39, 0.29) is 21.7 Å². The third kappa shape index (κ3) is 5.95. The fourth-order valence-electron chi connectivity index (χ4n) is 3.40. The SMILES string of the molecule is CC(=O)c1ccc(OCCC[C@H]2CCCN2NS(=O)(=O)c2ccc(Cl)c(Cl)c2)cc1. The van der Waals surface area contributed by atoms with Crippen LogP contribution in [0.3, 0.4) is 0 Å². The lowest BCUT2D eigenvalue weighted by Crippen LogP contribution is -2.45. The Morgan fingerprint density at radius 1 is 1.17 bits per heavy atom. The van der Waals surface area contributed by atoms with E-state index in [4.69, 9.17) is 27.9 Å². The number of nitrogens with zero attached hydrogens (tertiary/aromatic N) is 1. The molecule has 9 heteroatoms. The summed E-state index contributed by atoms with van der Waals surface area (Å²) in [7, 11) is -3.73. The highest BCUT2D eigenvalue weighted by Gasteiger charge is 2.28. The van der Waals surface area contributed by atoms with Gasteiger partial charge in [0, 0.05) is 18.2 Å². The number of rotatable bonds is 9. The molecule has 0 amide bonds. The number of hydrogen-bond donors (Lipinski definition) is 1. The van der Waals surface area contributed by atoms with Crippen molar-refractivity contribution in [1.82, 2.24) is 9.84 Å². The van der Waals surface area contributed by atoms with Crippen LogP contribution in [0.25, 0.3) is 0 Å². The molecule has 162 valence electrons. The van der Waals surface area contributed by atoms with Gasteiger partial charge in [-0.1, -0.05) is 23.2 Å². The van der Waals surface area contributed by atoms with Crippen molar-refractivity contribution in [3.8, 4) is 5.75 Å². The largest absolute Gasteiger partial charge is 0.494 e. The van der Waals surface area contributed by atoms with Gasteiger partial charge in [-0.25, -0.2) is 13.4 Å². The van der Waals surface area contributed by atoms with Crippen LogP contribution in [0.5, 0.6) is 5.75 Å². The summed E-state index contributed by atoms with van der Waals surface area (Å²) in [4.78, 5) is 14.1. The van der Waals surface area contributed by atoms with Crippen LogP contribution in [-0.4, -0.2) is 38.4 Å². The first kappa shape index (κ1) is 23.0. The average molecular weight is 471 g/mol. The first-order chi connectivity index (χ1) is 14.3. The average Bonchev–Trinajstić information content (AvgIpc) is 3.13. The van der Waals surface area contributed by atoms with Gasteiger partial charge in [-0.3, -0.25) is 4.79 Å². The molecule has 6 nitrogen and oxygen atoms in total. The minimum absolute atomic E-state index is 0.0196. The van der Waals surface area contributed by atoms with Crippen LogP contribution in [0.4, 0.5) is 0 Å². The van der Waals surface area contributed by atoms with Crippen LogP contribution in [0.1, 0.15) is 43.0 Å². The van der Waals surface area contributed by atoms with E-state index in [1.807, 2.05) is 0 Å². The summed E-state index contributed by atoms with van der Waals surface area (Å²) in [5.41, 5.74) is 0.651. The number of carbonyl (C=O) groups is 1. The highest BCUT2D eigenvalue weighted by atomic mass is 35.5. The summed E-state index contributed by atoms with van der Waals surface area (Å²) in [5, 5.41) is 2.29. The number of halogens is 2. The van der Waals surface area contributed by atoms with Crippen molar-refractivity contribution in [1.29, 1.82) is 0 Å². The number of hydrogen-bond acceptors (Lipinski definition) is 5. The van der Waals surface area contributed by atoms with E-state index in [1.54, 1.807) is 29.3 Å². The molecule has 0 bridgehead atoms. The summed E-state index contributed by atoms with van der Waals surface area (Å²) < 4.78 is 31.1. The van der Waals surface area contributed by atoms with Gasteiger partial charge < -0.3 is 4.74 Å². The van der Waals surface area contributed by atoms with Crippen LogP contribution >= 0.6 is 23.2 Å². The molecule has 2 aromatic carbocycles. The Morgan fingerprint density at radius 3 is 2.57 bits per heavy atom. The molecule has 0 saturated carbocycles. The molecule has 3 rings (SSSR count). The molecular formula is C21H24Cl2N2O4S. The molecule has 0 spiro atoms. The third-order valence-corrected chi connectivity index (χ3v) is 7.12. The van der Waals surface area contributed by atoms with Gasteiger partial charge in [0.25, 0.3) is 10.0 Å². The Labute approximate surface area is 187 Å². The van der Waals surface area contributed by atoms with Crippen molar-refractivity contribution in [3.63, 3.8) is 0 Å². The normalized spacial score (nSPS) is 17.2. The quantitative estimate of drug-likeness (QED) is 0.424. The minimum atomic E-state index is -3.73. The lowest BCUT2D eigenvalue weighted by Gasteiger charge is -2.25. The van der Waals surface area contributed by atoms with Gasteiger partial charge in [0.2, 0.25) is 0 Å². The van der Waals surface area contributed by atoms with Gasteiger partial charge in [0.05, 0.1) is 21.5 Å². The van der Waals surface area contributed by atoms with Crippen LogP contribution in [0.15, 0.2) is 47.4 Å². The predicted octanol–water partition coefficient (Wildman–Crippen LogP) is 4.71. The molecular weight excluding hydrogens is 447 g/mol. The number of ketones is 1. The second-order valence-electron chi connectivity index (χ2n) is 7.23. The molecule has 1 heterocycles. The summed E-state index contributed by atoms with van der Waals surface area (Å²) >= 11 is 11.8. The van der Waals surface area contributed by atoms with Crippen molar-refractivity contribution < 1.29 is 17.9 Å². The summed E-state index contributed by atoms with van der Waals surface area (Å²) in [6.45, 7) is 2.70. The molecule has 2 aromatic rings. The molecule has 0 radical (unpaired) electrons. The smallest absolute Gasteiger partial charge is 0.253 e. The first-order valence-corrected chi connectivity index (χ1v) is 12.0. The molecule has 1 atom stereocenters. The number of Topliss-reactive ketones (excluding diaryl/α,β-unsaturated/α-hetero) is 1.